The van der Waals surface area contributed by atoms with Gasteiger partial charge >= 0.3 is 12.1 Å². The molecule has 1 aliphatic heterocycles. The molecule has 9 nitrogen and oxygen atoms in total. The van der Waals surface area contributed by atoms with E-state index in [1.165, 1.54) is 4.90 Å². The lowest BCUT2D eigenvalue weighted by molar-refractivity contribution is -0.138. The molecule has 0 saturated carbocycles. The molecule has 1 atom stereocenters. The minimum atomic E-state index is -0.874. The van der Waals surface area contributed by atoms with Gasteiger partial charge in [-0.15, -0.1) is 0 Å². The Bertz CT molecular complexity index is 758. The highest BCUT2D eigenvalue weighted by Crippen LogP contribution is 2.37. The number of urea groups is 2. The molecule has 1 aromatic carbocycles. The van der Waals surface area contributed by atoms with E-state index < -0.39 is 17.7 Å². The van der Waals surface area contributed by atoms with Crippen LogP contribution in [0, 0.1) is 0 Å². The van der Waals surface area contributed by atoms with Crippen molar-refractivity contribution in [3.63, 3.8) is 0 Å². The SMILES string of the molecule is COc1cc(CN2C(=O)N(C(C)C)[C@H](N(O)C(=O)NC(C)C)C2(C)C)cc(OC)c1. The summed E-state index contributed by atoms with van der Waals surface area (Å²) in [5.41, 5.74) is -0.0612. The molecule has 2 rings (SSSR count). The average molecular weight is 423 g/mol. The highest BCUT2D eigenvalue weighted by atomic mass is 16.5. The van der Waals surface area contributed by atoms with E-state index >= 15 is 0 Å². The first-order chi connectivity index (χ1) is 13.9. The van der Waals surface area contributed by atoms with Crippen molar-refractivity contribution in [2.24, 2.45) is 0 Å². The van der Waals surface area contributed by atoms with Crippen LogP contribution in [-0.2, 0) is 6.54 Å². The fraction of sp³-hybridized carbons (Fsp3) is 0.619. The Hall–Kier alpha value is -2.68. The number of benzene rings is 1. The molecule has 168 valence electrons. The molecule has 30 heavy (non-hydrogen) atoms. The number of nitrogens with zero attached hydrogens (tertiary/aromatic N) is 3. The number of methoxy groups -OCH3 is 2. The number of hydroxylamine groups is 2. The van der Waals surface area contributed by atoms with Crippen molar-refractivity contribution in [3.8, 4) is 11.5 Å². The minimum absolute atomic E-state index is 0.153. The lowest BCUT2D eigenvalue weighted by Crippen LogP contribution is -2.60. The topological polar surface area (TPSA) is 94.6 Å². The van der Waals surface area contributed by atoms with Gasteiger partial charge in [0, 0.05) is 24.7 Å². The average Bonchev–Trinajstić information content (AvgIpc) is 2.86. The van der Waals surface area contributed by atoms with Gasteiger partial charge in [0.15, 0.2) is 6.17 Å². The highest BCUT2D eigenvalue weighted by molar-refractivity contribution is 5.81. The third-order valence-corrected chi connectivity index (χ3v) is 5.20. The van der Waals surface area contributed by atoms with Crippen LogP contribution in [0.25, 0.3) is 0 Å². The van der Waals surface area contributed by atoms with Gasteiger partial charge in [-0.1, -0.05) is 0 Å². The first-order valence-corrected chi connectivity index (χ1v) is 10.0. The summed E-state index contributed by atoms with van der Waals surface area (Å²) >= 11 is 0. The molecule has 0 unspecified atom stereocenters. The van der Waals surface area contributed by atoms with Crippen molar-refractivity contribution in [1.29, 1.82) is 0 Å². The number of carbonyl (C=O) groups is 2. The van der Waals surface area contributed by atoms with Gasteiger partial charge in [-0.05, 0) is 59.2 Å². The van der Waals surface area contributed by atoms with Gasteiger partial charge in [-0.3, -0.25) is 10.1 Å². The molecule has 1 heterocycles. The molecule has 0 bridgehead atoms. The van der Waals surface area contributed by atoms with Crippen molar-refractivity contribution in [1.82, 2.24) is 20.2 Å². The molecular formula is C21H34N4O5. The third-order valence-electron chi connectivity index (χ3n) is 5.20. The summed E-state index contributed by atoms with van der Waals surface area (Å²) in [6.07, 6.45) is -0.865. The van der Waals surface area contributed by atoms with Gasteiger partial charge < -0.3 is 19.7 Å². The second-order valence-corrected chi connectivity index (χ2v) is 8.57. The zero-order chi connectivity index (χ0) is 22.8. The van der Waals surface area contributed by atoms with Gasteiger partial charge in [0.05, 0.1) is 19.8 Å². The molecule has 1 saturated heterocycles. The molecule has 0 aliphatic carbocycles. The second kappa shape index (κ2) is 8.99. The van der Waals surface area contributed by atoms with E-state index in [0.717, 1.165) is 5.56 Å². The Morgan fingerprint density at radius 2 is 1.70 bits per heavy atom. The van der Waals surface area contributed by atoms with Gasteiger partial charge in [0.25, 0.3) is 0 Å². The third kappa shape index (κ3) is 4.56. The monoisotopic (exact) mass is 422 g/mol. The van der Waals surface area contributed by atoms with Gasteiger partial charge in [-0.2, -0.15) is 5.06 Å². The van der Waals surface area contributed by atoms with Crippen LogP contribution in [0.15, 0.2) is 18.2 Å². The molecule has 1 aliphatic rings. The number of carbonyl (C=O) groups excluding carboxylic acids is 2. The van der Waals surface area contributed by atoms with Crippen LogP contribution < -0.4 is 14.8 Å². The van der Waals surface area contributed by atoms with Gasteiger partial charge in [0.1, 0.15) is 11.5 Å². The largest absolute Gasteiger partial charge is 0.497 e. The van der Waals surface area contributed by atoms with Crippen molar-refractivity contribution in [3.05, 3.63) is 23.8 Å². The normalized spacial score (nSPS) is 18.2. The summed E-state index contributed by atoms with van der Waals surface area (Å²) in [7, 11) is 3.13. The zero-order valence-corrected chi connectivity index (χ0v) is 19.1. The predicted molar refractivity (Wildman–Crippen MR) is 113 cm³/mol. The van der Waals surface area contributed by atoms with E-state index in [4.69, 9.17) is 9.47 Å². The van der Waals surface area contributed by atoms with Gasteiger partial charge in [0.2, 0.25) is 0 Å². The summed E-state index contributed by atoms with van der Waals surface area (Å²) in [6, 6.07) is 4.13. The number of nitrogens with one attached hydrogen (secondary N) is 1. The smallest absolute Gasteiger partial charge is 0.343 e. The van der Waals surface area contributed by atoms with Crippen molar-refractivity contribution >= 4 is 12.1 Å². The van der Waals surface area contributed by atoms with Crippen LogP contribution >= 0.6 is 0 Å². The standard InChI is InChI=1S/C21H34N4O5/c1-13(2)22-19(26)25(28)18-21(5,6)23(20(27)24(18)14(3)4)12-15-9-16(29-7)11-17(10-15)30-8/h9-11,13-14,18,28H,12H2,1-8H3,(H,22,26)/t18-/m1/s1. The van der Waals surface area contributed by atoms with Crippen molar-refractivity contribution < 1.29 is 24.3 Å². The van der Waals surface area contributed by atoms with E-state index in [1.807, 2.05) is 39.8 Å². The highest BCUT2D eigenvalue weighted by Gasteiger charge is 2.56. The van der Waals surface area contributed by atoms with Crippen LogP contribution in [0.1, 0.15) is 47.1 Å². The summed E-state index contributed by atoms with van der Waals surface area (Å²) in [5, 5.41) is 14.1. The van der Waals surface area contributed by atoms with Crippen LogP contribution in [0.2, 0.25) is 0 Å². The zero-order valence-electron chi connectivity index (χ0n) is 19.1. The molecule has 9 heteroatoms. The number of ether oxygens (including phenoxy) is 2. The Kier molecular flexibility index (Phi) is 7.07. The molecule has 0 aromatic heterocycles. The Balaban J connectivity index is 2.42. The van der Waals surface area contributed by atoms with E-state index in [0.29, 0.717) is 16.6 Å². The Morgan fingerprint density at radius 3 is 2.13 bits per heavy atom. The number of rotatable bonds is 7. The van der Waals surface area contributed by atoms with E-state index in [9.17, 15) is 14.8 Å². The Morgan fingerprint density at radius 1 is 1.17 bits per heavy atom. The first kappa shape index (κ1) is 23.6. The molecular weight excluding hydrogens is 388 g/mol. The molecule has 1 aromatic rings. The molecule has 0 radical (unpaired) electrons. The Labute approximate surface area is 178 Å². The lowest BCUT2D eigenvalue weighted by Gasteiger charge is -2.39. The molecule has 4 amide bonds. The molecule has 2 N–H and O–H groups in total. The fourth-order valence-electron chi connectivity index (χ4n) is 3.73. The molecule has 1 fully saturated rings. The quantitative estimate of drug-likeness (QED) is 0.520. The number of hydrogen-bond donors (Lipinski definition) is 2. The summed E-state index contributed by atoms with van der Waals surface area (Å²) in [4.78, 5) is 29.0. The minimum Gasteiger partial charge on any atom is -0.497 e. The van der Waals surface area contributed by atoms with Crippen molar-refractivity contribution in [2.75, 3.05) is 14.2 Å². The van der Waals surface area contributed by atoms with E-state index in [1.54, 1.807) is 39.0 Å². The lowest BCUT2D eigenvalue weighted by atomic mass is 9.98. The summed E-state index contributed by atoms with van der Waals surface area (Å²) in [6.45, 7) is 11.3. The summed E-state index contributed by atoms with van der Waals surface area (Å²) < 4.78 is 10.7. The predicted octanol–water partition coefficient (Wildman–Crippen LogP) is 3.26. The second-order valence-electron chi connectivity index (χ2n) is 8.57. The maximum absolute atomic E-state index is 13.4. The van der Waals surface area contributed by atoms with Crippen LogP contribution in [0.3, 0.4) is 0 Å². The summed E-state index contributed by atoms with van der Waals surface area (Å²) in [5.74, 6) is 1.23. The first-order valence-electron chi connectivity index (χ1n) is 10.0. The van der Waals surface area contributed by atoms with Gasteiger partial charge in [-0.25, -0.2) is 9.59 Å². The van der Waals surface area contributed by atoms with E-state index in [-0.39, 0.29) is 24.7 Å². The maximum atomic E-state index is 13.4. The maximum Gasteiger partial charge on any atom is 0.343 e. The number of amides is 4. The van der Waals surface area contributed by atoms with Crippen LogP contribution in [0.5, 0.6) is 11.5 Å². The van der Waals surface area contributed by atoms with E-state index in [2.05, 4.69) is 5.32 Å². The number of hydrogen-bond acceptors (Lipinski definition) is 5. The van der Waals surface area contributed by atoms with Crippen molar-refractivity contribution in [2.45, 2.75) is 71.9 Å². The van der Waals surface area contributed by atoms with Crippen LogP contribution in [-0.4, -0.2) is 70.1 Å². The fourth-order valence-corrected chi connectivity index (χ4v) is 3.73. The van der Waals surface area contributed by atoms with Crippen LogP contribution in [0.4, 0.5) is 9.59 Å². The molecule has 0 spiro atoms.